The number of carboxylic acid groups (broad SMARTS) is 1. The van der Waals surface area contributed by atoms with Crippen molar-refractivity contribution < 1.29 is 19.5 Å². The SMILES string of the molecule is CC#CC(=O)N1CCC[C@@H]1C(=O)N(C)[C@H](C(=O)O)C(C)C. The van der Waals surface area contributed by atoms with Crippen molar-refractivity contribution in [1.29, 1.82) is 0 Å². The van der Waals surface area contributed by atoms with Gasteiger partial charge in [0.25, 0.3) is 5.91 Å². The summed E-state index contributed by atoms with van der Waals surface area (Å²) < 4.78 is 0. The first-order valence-electron chi connectivity index (χ1n) is 7.04. The Balaban J connectivity index is 2.92. The van der Waals surface area contributed by atoms with Gasteiger partial charge in [0.15, 0.2) is 0 Å². The summed E-state index contributed by atoms with van der Waals surface area (Å²) in [5.74, 6) is 3.01. The van der Waals surface area contributed by atoms with E-state index in [0.717, 1.165) is 6.42 Å². The van der Waals surface area contributed by atoms with Gasteiger partial charge >= 0.3 is 5.97 Å². The normalized spacial score (nSPS) is 18.9. The number of carbonyl (C=O) groups is 3. The second-order valence-electron chi connectivity index (χ2n) is 5.51. The van der Waals surface area contributed by atoms with Gasteiger partial charge < -0.3 is 14.9 Å². The van der Waals surface area contributed by atoms with E-state index in [4.69, 9.17) is 0 Å². The molecule has 1 aliphatic heterocycles. The fraction of sp³-hybridized carbons (Fsp3) is 0.667. The van der Waals surface area contributed by atoms with Crippen LogP contribution in [0.5, 0.6) is 0 Å². The zero-order chi connectivity index (χ0) is 16.2. The summed E-state index contributed by atoms with van der Waals surface area (Å²) >= 11 is 0. The van der Waals surface area contributed by atoms with E-state index in [0.29, 0.717) is 13.0 Å². The van der Waals surface area contributed by atoms with E-state index in [2.05, 4.69) is 11.8 Å². The molecule has 0 bridgehead atoms. The van der Waals surface area contributed by atoms with E-state index in [9.17, 15) is 19.5 Å². The summed E-state index contributed by atoms with van der Waals surface area (Å²) in [6, 6.07) is -1.50. The van der Waals surface area contributed by atoms with Gasteiger partial charge in [0.05, 0.1) is 0 Å². The highest BCUT2D eigenvalue weighted by Gasteiger charge is 2.39. The van der Waals surface area contributed by atoms with Gasteiger partial charge in [0, 0.05) is 13.6 Å². The molecule has 1 aliphatic rings. The van der Waals surface area contributed by atoms with Crippen molar-refractivity contribution >= 4 is 17.8 Å². The van der Waals surface area contributed by atoms with Crippen LogP contribution >= 0.6 is 0 Å². The van der Waals surface area contributed by atoms with Crippen molar-refractivity contribution in [1.82, 2.24) is 9.80 Å². The van der Waals surface area contributed by atoms with Crippen molar-refractivity contribution in [3.63, 3.8) is 0 Å². The number of hydrogen-bond acceptors (Lipinski definition) is 3. The number of likely N-dealkylation sites (N-methyl/N-ethyl adjacent to an activating group) is 1. The fourth-order valence-corrected chi connectivity index (χ4v) is 2.72. The maximum atomic E-state index is 12.5. The highest BCUT2D eigenvalue weighted by Crippen LogP contribution is 2.21. The predicted octanol–water partition coefficient (Wildman–Crippen LogP) is 0.568. The number of likely N-dealkylation sites (tertiary alicyclic amines) is 1. The van der Waals surface area contributed by atoms with E-state index < -0.39 is 18.1 Å². The Bertz CT molecular complexity index is 490. The Morgan fingerprint density at radius 1 is 1.33 bits per heavy atom. The number of nitrogens with zero attached hydrogens (tertiary/aromatic N) is 2. The molecule has 2 amide bonds. The second-order valence-corrected chi connectivity index (χ2v) is 5.51. The van der Waals surface area contributed by atoms with Gasteiger partial charge in [-0.2, -0.15) is 0 Å². The van der Waals surface area contributed by atoms with E-state index in [1.54, 1.807) is 20.8 Å². The lowest BCUT2D eigenvalue weighted by atomic mass is 10.0. The van der Waals surface area contributed by atoms with Crippen LogP contribution in [0, 0.1) is 17.8 Å². The largest absolute Gasteiger partial charge is 0.480 e. The van der Waals surface area contributed by atoms with Crippen LogP contribution in [0.25, 0.3) is 0 Å². The molecule has 1 rings (SSSR count). The number of aliphatic carboxylic acids is 1. The van der Waals surface area contributed by atoms with Crippen LogP contribution in [-0.2, 0) is 14.4 Å². The Morgan fingerprint density at radius 2 is 1.95 bits per heavy atom. The average molecular weight is 294 g/mol. The first-order chi connectivity index (χ1) is 9.81. The minimum Gasteiger partial charge on any atom is -0.480 e. The van der Waals surface area contributed by atoms with Crippen molar-refractivity contribution in [2.45, 2.75) is 45.7 Å². The fourth-order valence-electron chi connectivity index (χ4n) is 2.72. The smallest absolute Gasteiger partial charge is 0.326 e. The molecule has 0 aliphatic carbocycles. The van der Waals surface area contributed by atoms with Crippen molar-refractivity contribution in [3.05, 3.63) is 0 Å². The van der Waals surface area contributed by atoms with Crippen LogP contribution in [0.1, 0.15) is 33.6 Å². The number of amides is 2. The van der Waals surface area contributed by atoms with E-state index >= 15 is 0 Å². The van der Waals surface area contributed by atoms with Crippen molar-refractivity contribution in [2.24, 2.45) is 5.92 Å². The molecule has 1 heterocycles. The topological polar surface area (TPSA) is 77.9 Å². The van der Waals surface area contributed by atoms with Gasteiger partial charge in [-0.25, -0.2) is 4.79 Å². The van der Waals surface area contributed by atoms with Gasteiger partial charge in [0.1, 0.15) is 12.1 Å². The second kappa shape index (κ2) is 7.11. The van der Waals surface area contributed by atoms with E-state index in [-0.39, 0.29) is 17.7 Å². The van der Waals surface area contributed by atoms with Crippen molar-refractivity contribution in [2.75, 3.05) is 13.6 Å². The molecule has 0 radical (unpaired) electrons. The molecule has 0 unspecified atom stereocenters. The molecule has 1 saturated heterocycles. The molecular weight excluding hydrogens is 272 g/mol. The summed E-state index contributed by atoms with van der Waals surface area (Å²) in [7, 11) is 1.48. The van der Waals surface area contributed by atoms with Gasteiger partial charge in [-0.05, 0) is 31.6 Å². The quantitative estimate of drug-likeness (QED) is 0.769. The minimum absolute atomic E-state index is 0.211. The van der Waals surface area contributed by atoms with Crippen LogP contribution in [0.2, 0.25) is 0 Å². The predicted molar refractivity (Wildman–Crippen MR) is 77.2 cm³/mol. The van der Waals surface area contributed by atoms with Gasteiger partial charge in [-0.1, -0.05) is 19.8 Å². The highest BCUT2D eigenvalue weighted by atomic mass is 16.4. The van der Waals surface area contributed by atoms with E-state index in [1.807, 2.05) is 0 Å². The van der Waals surface area contributed by atoms with Gasteiger partial charge in [-0.15, -0.1) is 0 Å². The Labute approximate surface area is 125 Å². The monoisotopic (exact) mass is 294 g/mol. The number of carbonyl (C=O) groups excluding carboxylic acids is 2. The van der Waals surface area contributed by atoms with Gasteiger partial charge in [-0.3, -0.25) is 9.59 Å². The third-order valence-electron chi connectivity index (χ3n) is 3.68. The molecule has 1 fully saturated rings. The zero-order valence-electron chi connectivity index (χ0n) is 12.9. The summed E-state index contributed by atoms with van der Waals surface area (Å²) in [5.41, 5.74) is 0. The molecule has 2 atom stereocenters. The maximum Gasteiger partial charge on any atom is 0.326 e. The Kier molecular flexibility index (Phi) is 5.77. The lowest BCUT2D eigenvalue weighted by molar-refractivity contribution is -0.153. The van der Waals surface area contributed by atoms with Crippen LogP contribution in [0.3, 0.4) is 0 Å². The lowest BCUT2D eigenvalue weighted by Gasteiger charge is -2.32. The standard InChI is InChI=1S/C15H22N2O4/c1-5-7-12(18)17-9-6-8-11(17)14(19)16(4)13(10(2)3)15(20)21/h10-11,13H,6,8-9H2,1-4H3,(H,20,21)/t11-,13+/m1/s1. The zero-order valence-corrected chi connectivity index (χ0v) is 12.9. The molecule has 1 N–H and O–H groups in total. The molecule has 6 nitrogen and oxygen atoms in total. The van der Waals surface area contributed by atoms with Gasteiger partial charge in [0.2, 0.25) is 5.91 Å². The highest BCUT2D eigenvalue weighted by molar-refractivity contribution is 5.98. The molecule has 6 heteroatoms. The molecule has 0 aromatic rings. The summed E-state index contributed by atoms with van der Waals surface area (Å²) in [5, 5.41) is 9.27. The number of carboxylic acids is 1. The van der Waals surface area contributed by atoms with Crippen LogP contribution in [-0.4, -0.2) is 58.4 Å². The molecular formula is C15H22N2O4. The Hall–Kier alpha value is -2.03. The third-order valence-corrected chi connectivity index (χ3v) is 3.68. The van der Waals surface area contributed by atoms with Crippen LogP contribution in [0.15, 0.2) is 0 Å². The Morgan fingerprint density at radius 3 is 2.43 bits per heavy atom. The lowest BCUT2D eigenvalue weighted by Crippen LogP contribution is -2.53. The van der Waals surface area contributed by atoms with Crippen molar-refractivity contribution in [3.8, 4) is 11.8 Å². The molecule has 0 aromatic heterocycles. The van der Waals surface area contributed by atoms with E-state index in [1.165, 1.54) is 16.8 Å². The van der Waals surface area contributed by atoms with Crippen LogP contribution in [0.4, 0.5) is 0 Å². The molecule has 116 valence electrons. The summed E-state index contributed by atoms with van der Waals surface area (Å²) in [6.45, 7) is 5.55. The number of hydrogen-bond donors (Lipinski definition) is 1. The average Bonchev–Trinajstić information content (AvgIpc) is 2.86. The third kappa shape index (κ3) is 3.75. The number of rotatable bonds is 4. The summed E-state index contributed by atoms with van der Waals surface area (Å²) in [6.07, 6.45) is 1.27. The molecule has 21 heavy (non-hydrogen) atoms. The molecule has 0 aromatic carbocycles. The first-order valence-corrected chi connectivity index (χ1v) is 7.04. The van der Waals surface area contributed by atoms with Crippen LogP contribution < -0.4 is 0 Å². The summed E-state index contributed by atoms with van der Waals surface area (Å²) in [4.78, 5) is 38.4. The molecule has 0 saturated carbocycles. The minimum atomic E-state index is -1.04. The molecule has 0 spiro atoms. The first kappa shape index (κ1) is 17.0. The maximum absolute atomic E-state index is 12.5.